The van der Waals surface area contributed by atoms with Crippen LogP contribution < -0.4 is 0 Å². The van der Waals surface area contributed by atoms with Crippen LogP contribution in [0.4, 0.5) is 0 Å². The summed E-state index contributed by atoms with van der Waals surface area (Å²) in [5.41, 5.74) is 1.23. The Labute approximate surface area is 108 Å². The molecule has 0 spiro atoms. The summed E-state index contributed by atoms with van der Waals surface area (Å²) in [5.74, 6) is 0. The lowest BCUT2D eigenvalue weighted by Gasteiger charge is -1.97. The van der Waals surface area contributed by atoms with Gasteiger partial charge >= 0.3 is 0 Å². The van der Waals surface area contributed by atoms with Crippen LogP contribution in [0, 0.1) is 0 Å². The number of thiophene rings is 1. The maximum absolute atomic E-state index is 4.16. The fourth-order valence-corrected chi connectivity index (χ4v) is 2.94. The highest BCUT2D eigenvalue weighted by molar-refractivity contribution is 7.15. The van der Waals surface area contributed by atoms with Gasteiger partial charge in [-0.15, -0.1) is 11.3 Å². The lowest BCUT2D eigenvalue weighted by Crippen LogP contribution is -1.80. The first-order valence-corrected chi connectivity index (χ1v) is 7.21. The Balaban J connectivity index is 1.92. The Morgan fingerprint density at radius 1 is 1.12 bits per heavy atom. The van der Waals surface area contributed by atoms with E-state index < -0.39 is 0 Å². The van der Waals surface area contributed by atoms with Crippen LogP contribution in [0.2, 0.25) is 0 Å². The summed E-state index contributed by atoms with van der Waals surface area (Å²) in [4.78, 5) is 7.00. The van der Waals surface area contributed by atoms with Gasteiger partial charge in [-0.3, -0.25) is 4.98 Å². The first kappa shape index (κ1) is 12.3. The molecule has 0 aliphatic carbocycles. The second kappa shape index (κ2) is 6.55. The summed E-state index contributed by atoms with van der Waals surface area (Å²) in [6, 6.07) is 8.60. The fourth-order valence-electron chi connectivity index (χ4n) is 1.90. The lowest BCUT2D eigenvalue weighted by atomic mass is 10.1. The van der Waals surface area contributed by atoms with Crippen molar-refractivity contribution < 1.29 is 0 Å². The highest BCUT2D eigenvalue weighted by atomic mass is 32.1. The van der Waals surface area contributed by atoms with Gasteiger partial charge in [-0.1, -0.05) is 32.3 Å². The molecule has 17 heavy (non-hydrogen) atoms. The zero-order valence-corrected chi connectivity index (χ0v) is 11.2. The number of aromatic nitrogens is 1. The van der Waals surface area contributed by atoms with Gasteiger partial charge in [0.25, 0.3) is 0 Å². The third-order valence-corrected chi connectivity index (χ3v) is 4.08. The Bertz CT molecular complexity index is 433. The topological polar surface area (TPSA) is 12.9 Å². The number of aryl methyl sites for hydroxylation is 1. The number of nitrogens with zero attached hydrogens (tertiary/aromatic N) is 1. The van der Waals surface area contributed by atoms with Gasteiger partial charge in [-0.05, 0) is 31.0 Å². The predicted octanol–water partition coefficient (Wildman–Crippen LogP) is 4.93. The Morgan fingerprint density at radius 2 is 2.06 bits per heavy atom. The first-order valence-electron chi connectivity index (χ1n) is 6.39. The molecule has 90 valence electrons. The standard InChI is InChI=1S/C15H19NS/c1-2-3-4-5-8-14-9-10-15(17-14)13-7-6-11-16-12-13/h6-7,9-12H,2-5,8H2,1H3. The van der Waals surface area contributed by atoms with Gasteiger partial charge < -0.3 is 0 Å². The molecule has 0 radical (unpaired) electrons. The van der Waals surface area contributed by atoms with Gasteiger partial charge in [0.05, 0.1) is 0 Å². The van der Waals surface area contributed by atoms with E-state index in [1.54, 1.807) is 0 Å². The molecule has 0 fully saturated rings. The first-order chi connectivity index (χ1) is 8.40. The Hall–Kier alpha value is -1.15. The average Bonchev–Trinajstić information content (AvgIpc) is 2.85. The molecule has 0 atom stereocenters. The maximum Gasteiger partial charge on any atom is 0.0361 e. The molecule has 0 amide bonds. The molecular weight excluding hydrogens is 226 g/mol. The molecule has 1 nitrogen and oxygen atoms in total. The number of unbranched alkanes of at least 4 members (excludes halogenated alkanes) is 3. The normalized spacial score (nSPS) is 10.6. The van der Waals surface area contributed by atoms with E-state index in [2.05, 4.69) is 30.1 Å². The third-order valence-electron chi connectivity index (χ3n) is 2.88. The molecule has 0 bridgehead atoms. The predicted molar refractivity (Wildman–Crippen MR) is 75.4 cm³/mol. The van der Waals surface area contributed by atoms with Crippen LogP contribution in [0.15, 0.2) is 36.7 Å². The minimum atomic E-state index is 1.23. The van der Waals surface area contributed by atoms with Crippen molar-refractivity contribution in [3.8, 4) is 10.4 Å². The van der Waals surface area contributed by atoms with Crippen LogP contribution in [0.5, 0.6) is 0 Å². The Kier molecular flexibility index (Phi) is 4.75. The molecule has 2 rings (SSSR count). The van der Waals surface area contributed by atoms with Gasteiger partial charge in [-0.25, -0.2) is 0 Å². The number of rotatable bonds is 6. The largest absolute Gasteiger partial charge is 0.264 e. The number of hydrogen-bond acceptors (Lipinski definition) is 2. The highest BCUT2D eigenvalue weighted by Gasteiger charge is 2.02. The van der Waals surface area contributed by atoms with E-state index in [1.165, 1.54) is 47.4 Å². The Morgan fingerprint density at radius 3 is 2.82 bits per heavy atom. The van der Waals surface area contributed by atoms with E-state index in [9.17, 15) is 0 Å². The zero-order valence-electron chi connectivity index (χ0n) is 10.4. The minimum absolute atomic E-state index is 1.23. The molecule has 0 aliphatic rings. The van der Waals surface area contributed by atoms with Gasteiger partial charge in [0.1, 0.15) is 0 Å². The van der Waals surface area contributed by atoms with Crippen LogP contribution >= 0.6 is 11.3 Å². The molecule has 2 heteroatoms. The maximum atomic E-state index is 4.16. The van der Waals surface area contributed by atoms with E-state index in [0.717, 1.165) is 0 Å². The second-order valence-corrected chi connectivity index (χ2v) is 5.49. The van der Waals surface area contributed by atoms with Gasteiger partial charge in [0.15, 0.2) is 0 Å². The zero-order chi connectivity index (χ0) is 11.9. The number of hydrogen-bond donors (Lipinski definition) is 0. The molecule has 0 unspecified atom stereocenters. The van der Waals surface area contributed by atoms with E-state index >= 15 is 0 Å². The molecule has 2 heterocycles. The van der Waals surface area contributed by atoms with Gasteiger partial charge in [-0.2, -0.15) is 0 Å². The summed E-state index contributed by atoms with van der Waals surface area (Å²) in [6.07, 6.45) is 10.3. The van der Waals surface area contributed by atoms with E-state index in [4.69, 9.17) is 0 Å². The monoisotopic (exact) mass is 245 g/mol. The molecule has 0 N–H and O–H groups in total. The average molecular weight is 245 g/mol. The summed E-state index contributed by atoms with van der Waals surface area (Å²) in [5, 5.41) is 0. The van der Waals surface area contributed by atoms with E-state index in [1.807, 2.05) is 29.8 Å². The summed E-state index contributed by atoms with van der Waals surface area (Å²) >= 11 is 1.90. The quantitative estimate of drug-likeness (QED) is 0.657. The summed E-state index contributed by atoms with van der Waals surface area (Å²) in [6.45, 7) is 2.26. The molecule has 0 saturated carbocycles. The SMILES string of the molecule is CCCCCCc1ccc(-c2cccnc2)s1. The van der Waals surface area contributed by atoms with Crippen LogP contribution in [0.1, 0.15) is 37.5 Å². The van der Waals surface area contributed by atoms with Crippen molar-refractivity contribution >= 4 is 11.3 Å². The third kappa shape index (κ3) is 3.67. The second-order valence-electron chi connectivity index (χ2n) is 4.32. The smallest absolute Gasteiger partial charge is 0.0361 e. The minimum Gasteiger partial charge on any atom is -0.264 e. The van der Waals surface area contributed by atoms with Crippen molar-refractivity contribution in [3.63, 3.8) is 0 Å². The van der Waals surface area contributed by atoms with Crippen molar-refractivity contribution in [3.05, 3.63) is 41.5 Å². The summed E-state index contributed by atoms with van der Waals surface area (Å²) < 4.78 is 0. The van der Waals surface area contributed by atoms with Crippen molar-refractivity contribution in [2.24, 2.45) is 0 Å². The van der Waals surface area contributed by atoms with Gasteiger partial charge in [0.2, 0.25) is 0 Å². The highest BCUT2D eigenvalue weighted by Crippen LogP contribution is 2.28. The van der Waals surface area contributed by atoms with Crippen molar-refractivity contribution in [2.75, 3.05) is 0 Å². The molecule has 0 aliphatic heterocycles. The molecule has 2 aromatic rings. The van der Waals surface area contributed by atoms with Crippen molar-refractivity contribution in [1.29, 1.82) is 0 Å². The van der Waals surface area contributed by atoms with Crippen LogP contribution in [0.25, 0.3) is 10.4 Å². The number of pyridine rings is 1. The summed E-state index contributed by atoms with van der Waals surface area (Å²) in [7, 11) is 0. The van der Waals surface area contributed by atoms with Crippen molar-refractivity contribution in [1.82, 2.24) is 4.98 Å². The van der Waals surface area contributed by atoms with Crippen LogP contribution in [0.3, 0.4) is 0 Å². The lowest BCUT2D eigenvalue weighted by molar-refractivity contribution is 0.670. The molecule has 0 aromatic carbocycles. The van der Waals surface area contributed by atoms with Crippen LogP contribution in [-0.4, -0.2) is 4.98 Å². The van der Waals surface area contributed by atoms with Crippen LogP contribution in [-0.2, 0) is 6.42 Å². The van der Waals surface area contributed by atoms with E-state index in [0.29, 0.717) is 0 Å². The molecular formula is C15H19NS. The molecule has 0 saturated heterocycles. The van der Waals surface area contributed by atoms with Gasteiger partial charge in [0, 0.05) is 27.7 Å². The molecule has 2 aromatic heterocycles. The van der Waals surface area contributed by atoms with Crippen molar-refractivity contribution in [2.45, 2.75) is 39.0 Å². The fraction of sp³-hybridized carbons (Fsp3) is 0.400. The van der Waals surface area contributed by atoms with E-state index in [-0.39, 0.29) is 0 Å².